The first-order chi connectivity index (χ1) is 7.43. The van der Waals surface area contributed by atoms with E-state index in [0.717, 1.165) is 26.1 Å². The molecule has 0 atom stereocenters. The summed E-state index contributed by atoms with van der Waals surface area (Å²) in [5.74, 6) is 2.67. The lowest BCUT2D eigenvalue weighted by Crippen LogP contribution is -2.06. The third kappa shape index (κ3) is 6.54. The molecular formula is C13H22O2. The van der Waals surface area contributed by atoms with Crippen LogP contribution in [0.15, 0.2) is 0 Å². The molecule has 2 nitrogen and oxygen atoms in total. The van der Waals surface area contributed by atoms with Crippen LogP contribution in [0.3, 0.4) is 0 Å². The summed E-state index contributed by atoms with van der Waals surface area (Å²) in [6.07, 6.45) is 14.9. The van der Waals surface area contributed by atoms with Gasteiger partial charge in [0.2, 0.25) is 0 Å². The second kappa shape index (κ2) is 8.76. The molecule has 1 saturated heterocycles. The summed E-state index contributed by atoms with van der Waals surface area (Å²) in [6, 6.07) is 0. The Morgan fingerprint density at radius 2 is 1.53 bits per heavy atom. The molecule has 0 N–H and O–H groups in total. The Balaban J connectivity index is 1.75. The summed E-state index contributed by atoms with van der Waals surface area (Å²) in [5.41, 5.74) is 0. The first kappa shape index (κ1) is 12.5. The number of ether oxygens (including phenoxy) is 2. The molecule has 1 aliphatic rings. The van der Waals surface area contributed by atoms with Crippen molar-refractivity contribution in [1.29, 1.82) is 0 Å². The molecule has 2 heteroatoms. The van der Waals surface area contributed by atoms with Gasteiger partial charge in [0, 0.05) is 6.42 Å². The predicted octanol–water partition coefficient (Wildman–Crippen LogP) is 3.11. The molecule has 0 amide bonds. The van der Waals surface area contributed by atoms with Crippen molar-refractivity contribution in [2.45, 2.75) is 57.7 Å². The monoisotopic (exact) mass is 210 g/mol. The molecule has 0 radical (unpaired) electrons. The molecule has 0 aromatic heterocycles. The highest BCUT2D eigenvalue weighted by Crippen LogP contribution is 2.14. The van der Waals surface area contributed by atoms with E-state index in [-0.39, 0.29) is 6.29 Å². The SMILES string of the molecule is C#CCCCCCCCCC1OCCO1. The van der Waals surface area contributed by atoms with Crippen molar-refractivity contribution in [1.82, 2.24) is 0 Å². The molecule has 0 aromatic rings. The van der Waals surface area contributed by atoms with Crippen molar-refractivity contribution in [2.24, 2.45) is 0 Å². The van der Waals surface area contributed by atoms with Gasteiger partial charge in [0.1, 0.15) is 0 Å². The summed E-state index contributed by atoms with van der Waals surface area (Å²) < 4.78 is 10.7. The van der Waals surface area contributed by atoms with Gasteiger partial charge in [-0.3, -0.25) is 0 Å². The van der Waals surface area contributed by atoms with Gasteiger partial charge in [0.05, 0.1) is 13.2 Å². The maximum absolute atomic E-state index is 5.37. The molecule has 0 unspecified atom stereocenters. The number of hydrogen-bond acceptors (Lipinski definition) is 2. The summed E-state index contributed by atoms with van der Waals surface area (Å²) in [4.78, 5) is 0. The van der Waals surface area contributed by atoms with Gasteiger partial charge < -0.3 is 9.47 Å². The van der Waals surface area contributed by atoms with Gasteiger partial charge in [-0.15, -0.1) is 12.3 Å². The highest BCUT2D eigenvalue weighted by Gasteiger charge is 2.14. The van der Waals surface area contributed by atoms with Crippen LogP contribution in [-0.2, 0) is 9.47 Å². The molecule has 0 aromatic carbocycles. The van der Waals surface area contributed by atoms with E-state index in [0.29, 0.717) is 0 Å². The highest BCUT2D eigenvalue weighted by atomic mass is 16.7. The Bertz CT molecular complexity index is 177. The Hall–Kier alpha value is -0.520. The van der Waals surface area contributed by atoms with Crippen molar-refractivity contribution in [3.05, 3.63) is 0 Å². The van der Waals surface area contributed by atoms with E-state index in [4.69, 9.17) is 15.9 Å². The van der Waals surface area contributed by atoms with Gasteiger partial charge in [-0.1, -0.05) is 25.7 Å². The average Bonchev–Trinajstić information content (AvgIpc) is 2.75. The zero-order valence-corrected chi connectivity index (χ0v) is 9.54. The molecule has 1 aliphatic heterocycles. The van der Waals surface area contributed by atoms with Gasteiger partial charge >= 0.3 is 0 Å². The number of unbranched alkanes of at least 4 members (excludes halogenated alkanes) is 6. The van der Waals surface area contributed by atoms with Gasteiger partial charge in [0.15, 0.2) is 6.29 Å². The van der Waals surface area contributed by atoms with Crippen molar-refractivity contribution in [3.63, 3.8) is 0 Å². The Morgan fingerprint density at radius 3 is 2.20 bits per heavy atom. The fraction of sp³-hybridized carbons (Fsp3) is 0.846. The molecule has 1 rings (SSSR count). The van der Waals surface area contributed by atoms with Crippen LogP contribution < -0.4 is 0 Å². The van der Waals surface area contributed by atoms with E-state index in [1.165, 1.54) is 38.5 Å². The summed E-state index contributed by atoms with van der Waals surface area (Å²) in [5, 5.41) is 0. The molecule has 86 valence electrons. The van der Waals surface area contributed by atoms with E-state index in [2.05, 4.69) is 5.92 Å². The first-order valence-corrected chi connectivity index (χ1v) is 6.10. The third-order valence-corrected chi connectivity index (χ3v) is 2.70. The molecule has 0 aliphatic carbocycles. The lowest BCUT2D eigenvalue weighted by atomic mass is 10.1. The normalized spacial score (nSPS) is 16.7. The van der Waals surface area contributed by atoms with E-state index in [1.54, 1.807) is 0 Å². The van der Waals surface area contributed by atoms with Crippen molar-refractivity contribution in [2.75, 3.05) is 13.2 Å². The van der Waals surface area contributed by atoms with Crippen LogP contribution in [0.25, 0.3) is 0 Å². The summed E-state index contributed by atoms with van der Waals surface area (Å²) in [6.45, 7) is 1.55. The second-order valence-electron chi connectivity index (χ2n) is 4.04. The number of hydrogen-bond donors (Lipinski definition) is 0. The van der Waals surface area contributed by atoms with Crippen LogP contribution in [-0.4, -0.2) is 19.5 Å². The molecule has 1 heterocycles. The third-order valence-electron chi connectivity index (χ3n) is 2.70. The van der Waals surface area contributed by atoms with Gasteiger partial charge in [-0.2, -0.15) is 0 Å². The molecule has 0 saturated carbocycles. The predicted molar refractivity (Wildman–Crippen MR) is 61.5 cm³/mol. The standard InChI is InChI=1S/C13H22O2/c1-2-3-4-5-6-7-8-9-10-13-14-11-12-15-13/h1,13H,3-12H2. The van der Waals surface area contributed by atoms with E-state index in [9.17, 15) is 0 Å². The summed E-state index contributed by atoms with van der Waals surface area (Å²) >= 11 is 0. The van der Waals surface area contributed by atoms with E-state index >= 15 is 0 Å². The average molecular weight is 210 g/mol. The van der Waals surface area contributed by atoms with Crippen molar-refractivity contribution >= 4 is 0 Å². The molecule has 1 fully saturated rings. The van der Waals surface area contributed by atoms with Crippen molar-refractivity contribution in [3.8, 4) is 12.3 Å². The van der Waals surface area contributed by atoms with Gasteiger partial charge in [-0.25, -0.2) is 0 Å². The highest BCUT2D eigenvalue weighted by molar-refractivity contribution is 4.82. The Morgan fingerprint density at radius 1 is 0.933 bits per heavy atom. The van der Waals surface area contributed by atoms with Crippen LogP contribution in [0.2, 0.25) is 0 Å². The molecule has 15 heavy (non-hydrogen) atoms. The molecule has 0 spiro atoms. The van der Waals surface area contributed by atoms with Gasteiger partial charge in [-0.05, 0) is 19.3 Å². The summed E-state index contributed by atoms with van der Waals surface area (Å²) in [7, 11) is 0. The van der Waals surface area contributed by atoms with Crippen LogP contribution in [0.1, 0.15) is 51.4 Å². The maximum atomic E-state index is 5.37. The van der Waals surface area contributed by atoms with Crippen LogP contribution >= 0.6 is 0 Å². The fourth-order valence-electron chi connectivity index (χ4n) is 1.82. The van der Waals surface area contributed by atoms with E-state index < -0.39 is 0 Å². The Kier molecular flexibility index (Phi) is 7.33. The van der Waals surface area contributed by atoms with Crippen LogP contribution in [0, 0.1) is 12.3 Å². The van der Waals surface area contributed by atoms with Crippen LogP contribution in [0.4, 0.5) is 0 Å². The minimum absolute atomic E-state index is 0.0893. The quantitative estimate of drug-likeness (QED) is 0.452. The van der Waals surface area contributed by atoms with Crippen LogP contribution in [0.5, 0.6) is 0 Å². The minimum atomic E-state index is 0.0893. The molecule has 0 bridgehead atoms. The van der Waals surface area contributed by atoms with E-state index in [1.807, 2.05) is 0 Å². The fourth-order valence-corrected chi connectivity index (χ4v) is 1.82. The lowest BCUT2D eigenvalue weighted by molar-refractivity contribution is -0.0480. The van der Waals surface area contributed by atoms with Crippen molar-refractivity contribution < 1.29 is 9.47 Å². The lowest BCUT2D eigenvalue weighted by Gasteiger charge is -2.07. The number of rotatable bonds is 8. The zero-order valence-electron chi connectivity index (χ0n) is 9.54. The zero-order chi connectivity index (χ0) is 10.8. The second-order valence-corrected chi connectivity index (χ2v) is 4.04. The number of terminal acetylenes is 1. The first-order valence-electron chi connectivity index (χ1n) is 6.10. The minimum Gasteiger partial charge on any atom is -0.350 e. The maximum Gasteiger partial charge on any atom is 0.157 e. The Labute approximate surface area is 93.3 Å². The molecular weight excluding hydrogens is 188 g/mol. The smallest absolute Gasteiger partial charge is 0.157 e. The topological polar surface area (TPSA) is 18.5 Å². The largest absolute Gasteiger partial charge is 0.350 e. The van der Waals surface area contributed by atoms with Gasteiger partial charge in [0.25, 0.3) is 0 Å².